The molecule has 0 heterocycles. The molecule has 0 aromatic heterocycles. The molecule has 1 atom stereocenters. The Hall–Kier alpha value is -1.12. The first-order chi connectivity index (χ1) is 7.74. The molecule has 0 aliphatic rings. The van der Waals surface area contributed by atoms with Crippen molar-refractivity contribution >= 4 is 11.7 Å². The normalized spacial score (nSPS) is 13.3. The van der Waals surface area contributed by atoms with Gasteiger partial charge in [-0.05, 0) is 24.8 Å². The van der Waals surface area contributed by atoms with Gasteiger partial charge in [-0.25, -0.2) is 0 Å². The molecule has 1 unspecified atom stereocenters. The van der Waals surface area contributed by atoms with E-state index in [1.54, 1.807) is 0 Å². The van der Waals surface area contributed by atoms with E-state index >= 15 is 0 Å². The smallest absolute Gasteiger partial charge is 0.226 e. The third-order valence-corrected chi connectivity index (χ3v) is 2.79. The Labute approximate surface area is 105 Å². The fourth-order valence-electron chi connectivity index (χ4n) is 1.98. The summed E-state index contributed by atoms with van der Waals surface area (Å²) < 4.78 is 0. The molecule has 0 aliphatic heterocycles. The SMILES string of the molecule is C=CC(=O)C(CC)NC(=O)C(C)(C)CC(C)C. The zero-order valence-corrected chi connectivity index (χ0v) is 11.7. The number of carbonyl (C=O) groups is 2. The van der Waals surface area contributed by atoms with E-state index < -0.39 is 11.5 Å². The number of hydrogen-bond acceptors (Lipinski definition) is 2. The number of amides is 1. The minimum Gasteiger partial charge on any atom is -0.345 e. The highest BCUT2D eigenvalue weighted by atomic mass is 16.2. The molecule has 0 bridgehead atoms. The van der Waals surface area contributed by atoms with Crippen LogP contribution in [0.15, 0.2) is 12.7 Å². The third-order valence-electron chi connectivity index (χ3n) is 2.79. The second-order valence-electron chi connectivity index (χ2n) is 5.52. The van der Waals surface area contributed by atoms with Crippen LogP contribution in [0, 0.1) is 11.3 Å². The maximum absolute atomic E-state index is 12.1. The Morgan fingerprint density at radius 2 is 1.88 bits per heavy atom. The van der Waals surface area contributed by atoms with Crippen LogP contribution in [0.2, 0.25) is 0 Å². The minimum absolute atomic E-state index is 0.0618. The topological polar surface area (TPSA) is 46.2 Å². The number of ketones is 1. The monoisotopic (exact) mass is 239 g/mol. The zero-order chi connectivity index (χ0) is 13.6. The molecule has 3 heteroatoms. The summed E-state index contributed by atoms with van der Waals surface area (Å²) in [5.74, 6) is 0.264. The lowest BCUT2D eigenvalue weighted by molar-refractivity contribution is -0.133. The molecule has 0 aliphatic carbocycles. The third kappa shape index (κ3) is 5.16. The Bertz CT molecular complexity index is 293. The predicted octanol–water partition coefficient (Wildman–Crippen LogP) is 2.71. The molecule has 98 valence electrons. The lowest BCUT2D eigenvalue weighted by atomic mass is 9.83. The van der Waals surface area contributed by atoms with E-state index in [4.69, 9.17) is 0 Å². The van der Waals surface area contributed by atoms with Crippen molar-refractivity contribution in [1.82, 2.24) is 5.32 Å². The molecular weight excluding hydrogens is 214 g/mol. The summed E-state index contributed by atoms with van der Waals surface area (Å²) in [5, 5.41) is 2.80. The van der Waals surface area contributed by atoms with E-state index in [0.717, 1.165) is 6.42 Å². The van der Waals surface area contributed by atoms with Gasteiger partial charge in [0.1, 0.15) is 0 Å². The van der Waals surface area contributed by atoms with Gasteiger partial charge in [0.2, 0.25) is 5.91 Å². The first-order valence-electron chi connectivity index (χ1n) is 6.21. The minimum atomic E-state index is -0.441. The van der Waals surface area contributed by atoms with Gasteiger partial charge in [-0.15, -0.1) is 0 Å². The van der Waals surface area contributed by atoms with Crippen molar-refractivity contribution in [2.45, 2.75) is 53.5 Å². The van der Waals surface area contributed by atoms with Gasteiger partial charge < -0.3 is 5.32 Å². The summed E-state index contributed by atoms with van der Waals surface area (Å²) in [5.41, 5.74) is -0.441. The van der Waals surface area contributed by atoms with E-state index in [1.807, 2.05) is 20.8 Å². The molecule has 17 heavy (non-hydrogen) atoms. The molecule has 1 N–H and O–H groups in total. The summed E-state index contributed by atoms with van der Waals surface area (Å²) in [6, 6.07) is -0.438. The van der Waals surface area contributed by atoms with Crippen LogP contribution in [0.1, 0.15) is 47.5 Å². The lowest BCUT2D eigenvalue weighted by Crippen LogP contribution is -2.46. The lowest BCUT2D eigenvalue weighted by Gasteiger charge is -2.27. The number of rotatable bonds is 7. The van der Waals surface area contributed by atoms with Gasteiger partial charge in [0.05, 0.1) is 6.04 Å². The van der Waals surface area contributed by atoms with Gasteiger partial charge >= 0.3 is 0 Å². The van der Waals surface area contributed by atoms with Crippen LogP contribution in [0.25, 0.3) is 0 Å². The second kappa shape index (κ2) is 6.58. The highest BCUT2D eigenvalue weighted by Crippen LogP contribution is 2.25. The first-order valence-corrected chi connectivity index (χ1v) is 6.21. The average molecular weight is 239 g/mol. The van der Waals surface area contributed by atoms with Crippen molar-refractivity contribution in [3.05, 3.63) is 12.7 Å². The Morgan fingerprint density at radius 1 is 1.35 bits per heavy atom. The molecule has 0 aromatic rings. The molecule has 0 fully saturated rings. The molecular formula is C14H25NO2. The van der Waals surface area contributed by atoms with Crippen LogP contribution in [-0.2, 0) is 9.59 Å². The maximum Gasteiger partial charge on any atom is 0.226 e. The van der Waals surface area contributed by atoms with E-state index in [-0.39, 0.29) is 11.7 Å². The standard InChI is InChI=1S/C14H25NO2/c1-7-11(12(16)8-2)15-13(17)14(5,6)9-10(3)4/h8,10-11H,2,7,9H2,1,3-6H3,(H,15,17). The summed E-state index contributed by atoms with van der Waals surface area (Å²) in [7, 11) is 0. The highest BCUT2D eigenvalue weighted by Gasteiger charge is 2.30. The molecule has 0 aromatic carbocycles. The van der Waals surface area contributed by atoms with Crippen molar-refractivity contribution in [2.24, 2.45) is 11.3 Å². The van der Waals surface area contributed by atoms with Gasteiger partial charge in [0, 0.05) is 5.41 Å². The second-order valence-corrected chi connectivity index (χ2v) is 5.52. The van der Waals surface area contributed by atoms with E-state index in [1.165, 1.54) is 6.08 Å². The Balaban J connectivity index is 4.60. The summed E-state index contributed by atoms with van der Waals surface area (Å²) in [6.45, 7) is 13.3. The Morgan fingerprint density at radius 3 is 2.24 bits per heavy atom. The fourth-order valence-corrected chi connectivity index (χ4v) is 1.98. The number of carbonyl (C=O) groups excluding carboxylic acids is 2. The van der Waals surface area contributed by atoms with Gasteiger partial charge in [-0.2, -0.15) is 0 Å². The summed E-state index contributed by atoms with van der Waals surface area (Å²) in [6.07, 6.45) is 2.66. The summed E-state index contributed by atoms with van der Waals surface area (Å²) in [4.78, 5) is 23.6. The molecule has 0 saturated carbocycles. The number of nitrogens with one attached hydrogen (secondary N) is 1. The van der Waals surface area contributed by atoms with Crippen LogP contribution in [0.5, 0.6) is 0 Å². The number of hydrogen-bond donors (Lipinski definition) is 1. The zero-order valence-electron chi connectivity index (χ0n) is 11.7. The van der Waals surface area contributed by atoms with Gasteiger partial charge in [0.15, 0.2) is 5.78 Å². The van der Waals surface area contributed by atoms with Crippen molar-refractivity contribution in [3.8, 4) is 0 Å². The molecule has 0 radical (unpaired) electrons. The van der Waals surface area contributed by atoms with Crippen LogP contribution < -0.4 is 5.32 Å². The van der Waals surface area contributed by atoms with E-state index in [9.17, 15) is 9.59 Å². The van der Waals surface area contributed by atoms with Crippen molar-refractivity contribution in [3.63, 3.8) is 0 Å². The average Bonchev–Trinajstić information content (AvgIpc) is 2.22. The van der Waals surface area contributed by atoms with Crippen molar-refractivity contribution < 1.29 is 9.59 Å². The molecule has 3 nitrogen and oxygen atoms in total. The van der Waals surface area contributed by atoms with Crippen LogP contribution >= 0.6 is 0 Å². The largest absolute Gasteiger partial charge is 0.345 e. The predicted molar refractivity (Wildman–Crippen MR) is 70.7 cm³/mol. The van der Waals surface area contributed by atoms with Crippen LogP contribution in [-0.4, -0.2) is 17.7 Å². The van der Waals surface area contributed by atoms with Crippen LogP contribution in [0.4, 0.5) is 0 Å². The van der Waals surface area contributed by atoms with Crippen molar-refractivity contribution in [1.29, 1.82) is 0 Å². The summed E-state index contributed by atoms with van der Waals surface area (Å²) >= 11 is 0. The molecule has 1 amide bonds. The first kappa shape index (κ1) is 15.9. The van der Waals surface area contributed by atoms with Gasteiger partial charge in [-0.1, -0.05) is 41.2 Å². The van der Waals surface area contributed by atoms with Gasteiger partial charge in [-0.3, -0.25) is 9.59 Å². The molecule has 0 spiro atoms. The highest BCUT2D eigenvalue weighted by molar-refractivity contribution is 5.97. The van der Waals surface area contributed by atoms with Gasteiger partial charge in [0.25, 0.3) is 0 Å². The fraction of sp³-hybridized carbons (Fsp3) is 0.714. The molecule has 0 saturated heterocycles. The van der Waals surface area contributed by atoms with Crippen LogP contribution in [0.3, 0.4) is 0 Å². The quantitative estimate of drug-likeness (QED) is 0.694. The van der Waals surface area contributed by atoms with E-state index in [0.29, 0.717) is 12.3 Å². The Kier molecular flexibility index (Phi) is 6.14. The molecule has 0 rings (SSSR count). The van der Waals surface area contributed by atoms with Crippen molar-refractivity contribution in [2.75, 3.05) is 0 Å². The van der Waals surface area contributed by atoms with E-state index in [2.05, 4.69) is 25.7 Å². The maximum atomic E-state index is 12.1.